The van der Waals surface area contributed by atoms with Crippen molar-refractivity contribution >= 4 is 21.6 Å². The number of nitrogens with zero attached hydrogens (tertiary/aromatic N) is 1. The second-order valence-corrected chi connectivity index (χ2v) is 9.57. The van der Waals surface area contributed by atoms with Gasteiger partial charge in [-0.05, 0) is 67.3 Å². The highest BCUT2D eigenvalue weighted by atomic mass is 32.2. The smallest absolute Gasteiger partial charge is 0.251 e. The zero-order valence-electron chi connectivity index (χ0n) is 18.6. The number of anilines is 1. The maximum Gasteiger partial charge on any atom is 0.251 e. The second-order valence-electron chi connectivity index (χ2n) is 7.80. The minimum atomic E-state index is -3.77. The van der Waals surface area contributed by atoms with E-state index in [-0.39, 0.29) is 17.3 Å². The van der Waals surface area contributed by atoms with Gasteiger partial charge < -0.3 is 14.6 Å². The number of nitrogens with one attached hydrogen (secondary N) is 2. The molecule has 32 heavy (non-hydrogen) atoms. The van der Waals surface area contributed by atoms with Crippen LogP contribution in [0.25, 0.3) is 0 Å². The van der Waals surface area contributed by atoms with E-state index in [1.54, 1.807) is 25.1 Å². The van der Waals surface area contributed by atoms with Crippen molar-refractivity contribution in [3.63, 3.8) is 0 Å². The summed E-state index contributed by atoms with van der Waals surface area (Å²) in [5.74, 6) is 0.226. The van der Waals surface area contributed by atoms with Crippen LogP contribution in [0.1, 0.15) is 33.7 Å². The number of carbonyl (C=O) groups excluding carboxylic acids is 1. The summed E-state index contributed by atoms with van der Waals surface area (Å²) in [5.41, 5.74) is 3.41. The molecule has 0 aliphatic carbocycles. The molecule has 2 N–H and O–H groups in total. The lowest BCUT2D eigenvalue weighted by Gasteiger charge is -2.13. The summed E-state index contributed by atoms with van der Waals surface area (Å²) in [5, 5.41) is 2.90. The molecule has 1 heterocycles. The fourth-order valence-electron chi connectivity index (χ4n) is 3.23. The average Bonchev–Trinajstić information content (AvgIpc) is 3.29. The van der Waals surface area contributed by atoms with E-state index in [2.05, 4.69) is 34.3 Å². The molecule has 170 valence electrons. The molecular formula is C24H29N3O4S. The third-order valence-corrected chi connectivity index (χ3v) is 6.56. The Morgan fingerprint density at radius 2 is 1.81 bits per heavy atom. The molecule has 0 aliphatic rings. The summed E-state index contributed by atoms with van der Waals surface area (Å²) < 4.78 is 32.9. The highest BCUT2D eigenvalue weighted by Gasteiger charge is 2.18. The van der Waals surface area contributed by atoms with Gasteiger partial charge in [0.15, 0.2) is 0 Å². The van der Waals surface area contributed by atoms with Crippen LogP contribution >= 0.6 is 0 Å². The monoisotopic (exact) mass is 455 g/mol. The summed E-state index contributed by atoms with van der Waals surface area (Å²) in [4.78, 5) is 14.8. The molecule has 0 unspecified atom stereocenters. The van der Waals surface area contributed by atoms with Crippen molar-refractivity contribution < 1.29 is 17.6 Å². The van der Waals surface area contributed by atoms with Crippen molar-refractivity contribution in [2.45, 2.75) is 31.2 Å². The molecule has 0 saturated heterocycles. The number of hydrogen-bond acceptors (Lipinski definition) is 5. The molecule has 7 nitrogen and oxygen atoms in total. The van der Waals surface area contributed by atoms with Gasteiger partial charge in [0.05, 0.1) is 17.7 Å². The number of benzene rings is 2. The highest BCUT2D eigenvalue weighted by molar-refractivity contribution is 7.89. The predicted octanol–water partition coefficient (Wildman–Crippen LogP) is 3.50. The second kappa shape index (κ2) is 10.5. The molecule has 0 aliphatic heterocycles. The Morgan fingerprint density at radius 1 is 1.06 bits per heavy atom. The normalized spacial score (nSPS) is 11.3. The fraction of sp³-hybridized carbons (Fsp3) is 0.292. The van der Waals surface area contributed by atoms with E-state index in [4.69, 9.17) is 4.42 Å². The van der Waals surface area contributed by atoms with Crippen molar-refractivity contribution in [3.8, 4) is 0 Å². The van der Waals surface area contributed by atoms with Crippen LogP contribution < -0.4 is 14.9 Å². The number of rotatable bonds is 10. The van der Waals surface area contributed by atoms with Crippen molar-refractivity contribution in [1.82, 2.24) is 10.0 Å². The molecule has 1 amide bonds. The van der Waals surface area contributed by atoms with E-state index in [1.165, 1.54) is 24.0 Å². The lowest BCUT2D eigenvalue weighted by atomic mass is 10.1. The van der Waals surface area contributed by atoms with Crippen LogP contribution in [0, 0.1) is 6.92 Å². The first kappa shape index (κ1) is 23.6. The molecule has 0 radical (unpaired) electrons. The van der Waals surface area contributed by atoms with Gasteiger partial charge in [-0.25, -0.2) is 13.1 Å². The standard InChI is InChI=1S/C24H29N3O4S/c1-18-8-13-22(32(29,30)26-17-21-7-5-15-31-21)16-23(18)24(28)25-14-4-6-19-9-11-20(12-10-19)27(2)3/h5,7-13,15-16,26H,4,6,14,17H2,1-3H3,(H,25,28). The summed E-state index contributed by atoms with van der Waals surface area (Å²) in [7, 11) is 0.230. The Labute approximate surface area is 189 Å². The van der Waals surface area contributed by atoms with Gasteiger partial charge >= 0.3 is 0 Å². The van der Waals surface area contributed by atoms with Crippen molar-refractivity contribution in [1.29, 1.82) is 0 Å². The van der Waals surface area contributed by atoms with Gasteiger partial charge in [0.1, 0.15) is 5.76 Å². The maximum atomic E-state index is 12.7. The zero-order valence-corrected chi connectivity index (χ0v) is 19.4. The molecule has 2 aromatic carbocycles. The first-order valence-corrected chi connectivity index (χ1v) is 11.9. The Bertz CT molecular complexity index is 1140. The zero-order chi connectivity index (χ0) is 23.1. The van der Waals surface area contributed by atoms with Crippen molar-refractivity contribution in [3.05, 3.63) is 83.3 Å². The third kappa shape index (κ3) is 6.21. The van der Waals surface area contributed by atoms with Gasteiger partial charge in [0.2, 0.25) is 10.0 Å². The topological polar surface area (TPSA) is 91.6 Å². The lowest BCUT2D eigenvalue weighted by molar-refractivity contribution is 0.0952. The molecule has 1 aromatic heterocycles. The Balaban J connectivity index is 1.56. The number of carbonyl (C=O) groups is 1. The SMILES string of the molecule is Cc1ccc(S(=O)(=O)NCc2ccco2)cc1C(=O)NCCCc1ccc(N(C)C)cc1. The molecule has 0 saturated carbocycles. The quantitative estimate of drug-likeness (QED) is 0.457. The Morgan fingerprint density at radius 3 is 2.47 bits per heavy atom. The number of sulfonamides is 1. The number of amides is 1. The molecule has 3 aromatic rings. The molecule has 0 bridgehead atoms. The van der Waals surface area contributed by atoms with Gasteiger partial charge in [-0.2, -0.15) is 0 Å². The number of furan rings is 1. The van der Waals surface area contributed by atoms with E-state index in [9.17, 15) is 13.2 Å². The third-order valence-electron chi connectivity index (χ3n) is 5.16. The Kier molecular flexibility index (Phi) is 7.71. The summed E-state index contributed by atoms with van der Waals surface area (Å²) in [6, 6.07) is 16.2. The summed E-state index contributed by atoms with van der Waals surface area (Å²) in [6.45, 7) is 2.33. The Hall–Kier alpha value is -3.10. The maximum absolute atomic E-state index is 12.7. The van der Waals surface area contributed by atoms with Crippen LogP contribution in [-0.2, 0) is 23.0 Å². The van der Waals surface area contributed by atoms with Crippen LogP contribution in [0.3, 0.4) is 0 Å². The van der Waals surface area contributed by atoms with E-state index in [0.717, 1.165) is 18.5 Å². The van der Waals surface area contributed by atoms with E-state index in [0.29, 0.717) is 23.4 Å². The van der Waals surface area contributed by atoms with Crippen LogP contribution in [0.5, 0.6) is 0 Å². The van der Waals surface area contributed by atoms with Crippen molar-refractivity contribution in [2.75, 3.05) is 25.5 Å². The predicted molar refractivity (Wildman–Crippen MR) is 125 cm³/mol. The first-order valence-electron chi connectivity index (χ1n) is 10.4. The molecule has 0 spiro atoms. The van der Waals surface area contributed by atoms with Crippen LogP contribution in [-0.4, -0.2) is 35.0 Å². The van der Waals surface area contributed by atoms with E-state index >= 15 is 0 Å². The van der Waals surface area contributed by atoms with E-state index < -0.39 is 10.0 Å². The molecular weight excluding hydrogens is 426 g/mol. The lowest BCUT2D eigenvalue weighted by Crippen LogP contribution is -2.27. The number of aryl methyl sites for hydroxylation is 2. The van der Waals surface area contributed by atoms with E-state index in [1.807, 2.05) is 19.0 Å². The van der Waals surface area contributed by atoms with Gasteiger partial charge in [-0.3, -0.25) is 4.79 Å². The van der Waals surface area contributed by atoms with Crippen LogP contribution in [0.15, 0.2) is 70.2 Å². The highest BCUT2D eigenvalue weighted by Crippen LogP contribution is 2.17. The molecule has 3 rings (SSSR count). The largest absolute Gasteiger partial charge is 0.468 e. The minimum absolute atomic E-state index is 0.0419. The summed E-state index contributed by atoms with van der Waals surface area (Å²) >= 11 is 0. The van der Waals surface area contributed by atoms with Gasteiger partial charge in [0.25, 0.3) is 5.91 Å². The summed E-state index contributed by atoms with van der Waals surface area (Å²) in [6.07, 6.45) is 3.11. The minimum Gasteiger partial charge on any atom is -0.468 e. The van der Waals surface area contributed by atoms with Crippen LogP contribution in [0.2, 0.25) is 0 Å². The molecule has 8 heteroatoms. The first-order chi connectivity index (χ1) is 15.3. The van der Waals surface area contributed by atoms with Crippen molar-refractivity contribution in [2.24, 2.45) is 0 Å². The fourth-order valence-corrected chi connectivity index (χ4v) is 4.25. The number of hydrogen-bond donors (Lipinski definition) is 2. The van der Waals surface area contributed by atoms with Gasteiger partial charge in [-0.1, -0.05) is 18.2 Å². The molecule has 0 atom stereocenters. The average molecular weight is 456 g/mol. The van der Waals surface area contributed by atoms with Gasteiger partial charge in [0, 0.05) is 31.9 Å². The van der Waals surface area contributed by atoms with Crippen LogP contribution in [0.4, 0.5) is 5.69 Å². The van der Waals surface area contributed by atoms with Gasteiger partial charge in [-0.15, -0.1) is 0 Å². The molecule has 0 fully saturated rings.